The lowest BCUT2D eigenvalue weighted by Crippen LogP contribution is -2.30. The highest BCUT2D eigenvalue weighted by Gasteiger charge is 2.17. The van der Waals surface area contributed by atoms with E-state index >= 15 is 0 Å². The van der Waals surface area contributed by atoms with Crippen molar-refractivity contribution in [2.24, 2.45) is 0 Å². The van der Waals surface area contributed by atoms with E-state index < -0.39 is 5.91 Å². The molecule has 0 aromatic heterocycles. The minimum absolute atomic E-state index is 0.113. The molecule has 3 N–H and O–H groups in total. The highest BCUT2D eigenvalue weighted by Crippen LogP contribution is 2.27. The molecule has 0 aliphatic carbocycles. The molecule has 0 spiro atoms. The molecular formula is C33H31N3O3S. The Morgan fingerprint density at radius 2 is 1.38 bits per heavy atom. The maximum atomic E-state index is 13.4. The number of carbonyl (C=O) groups is 3. The summed E-state index contributed by atoms with van der Waals surface area (Å²) in [5, 5.41) is 8.21. The van der Waals surface area contributed by atoms with Gasteiger partial charge in [-0.25, -0.2) is 0 Å². The maximum Gasteiger partial charge on any atom is 0.272 e. The monoisotopic (exact) mass is 549 g/mol. The predicted octanol–water partition coefficient (Wildman–Crippen LogP) is 6.83. The number of anilines is 2. The maximum absolute atomic E-state index is 13.4. The van der Waals surface area contributed by atoms with E-state index in [-0.39, 0.29) is 22.8 Å². The predicted molar refractivity (Wildman–Crippen MR) is 163 cm³/mol. The third kappa shape index (κ3) is 8.19. The van der Waals surface area contributed by atoms with Gasteiger partial charge in [0, 0.05) is 21.8 Å². The van der Waals surface area contributed by atoms with Crippen molar-refractivity contribution in [3.8, 4) is 0 Å². The van der Waals surface area contributed by atoms with Crippen LogP contribution in [0.15, 0.2) is 114 Å². The van der Waals surface area contributed by atoms with E-state index in [0.717, 1.165) is 27.3 Å². The van der Waals surface area contributed by atoms with Crippen LogP contribution in [0.3, 0.4) is 0 Å². The summed E-state index contributed by atoms with van der Waals surface area (Å²) in [4.78, 5) is 39.8. The molecule has 4 aromatic rings. The van der Waals surface area contributed by atoms with E-state index in [1.54, 1.807) is 42.5 Å². The van der Waals surface area contributed by atoms with Gasteiger partial charge in [-0.15, -0.1) is 11.8 Å². The number of hydrogen-bond acceptors (Lipinski definition) is 4. The molecule has 3 amide bonds. The molecule has 0 saturated heterocycles. The van der Waals surface area contributed by atoms with Crippen molar-refractivity contribution in [2.45, 2.75) is 30.9 Å². The van der Waals surface area contributed by atoms with E-state index in [2.05, 4.69) is 16.0 Å². The van der Waals surface area contributed by atoms with Gasteiger partial charge in [-0.2, -0.15) is 0 Å². The second kappa shape index (κ2) is 13.4. The van der Waals surface area contributed by atoms with Crippen LogP contribution in [0.4, 0.5) is 11.4 Å². The Kier molecular flexibility index (Phi) is 9.54. The number of nitrogens with one attached hydrogen (secondary N) is 3. The topological polar surface area (TPSA) is 87.3 Å². The fourth-order valence-corrected chi connectivity index (χ4v) is 4.68. The molecule has 0 aliphatic rings. The minimum atomic E-state index is -0.461. The van der Waals surface area contributed by atoms with Gasteiger partial charge in [0.05, 0.1) is 5.25 Å². The van der Waals surface area contributed by atoms with Crippen LogP contribution in [0, 0.1) is 13.8 Å². The SMILES string of the molecule is Cc1ccc(/C=C(\NC(=O)c2ccccc2)C(=O)Nc2cccc(SC(C)C(=O)Nc3ccc(C)cc3)c2)cc1. The summed E-state index contributed by atoms with van der Waals surface area (Å²) in [6, 6.07) is 31.3. The molecule has 1 unspecified atom stereocenters. The Bertz CT molecular complexity index is 1520. The molecule has 0 heterocycles. The van der Waals surface area contributed by atoms with Crippen LogP contribution >= 0.6 is 11.8 Å². The van der Waals surface area contributed by atoms with Gasteiger partial charge in [0.2, 0.25) is 5.91 Å². The van der Waals surface area contributed by atoms with Crippen molar-refractivity contribution in [2.75, 3.05) is 10.6 Å². The summed E-state index contributed by atoms with van der Waals surface area (Å²) >= 11 is 1.39. The van der Waals surface area contributed by atoms with Crippen LogP contribution in [-0.2, 0) is 9.59 Å². The zero-order valence-corrected chi connectivity index (χ0v) is 23.4. The molecule has 7 heteroatoms. The average Bonchev–Trinajstić information content (AvgIpc) is 2.95. The Hall–Kier alpha value is -4.62. The molecule has 4 aromatic carbocycles. The van der Waals surface area contributed by atoms with Crippen molar-refractivity contribution < 1.29 is 14.4 Å². The largest absolute Gasteiger partial charge is 0.325 e. The third-order valence-electron chi connectivity index (χ3n) is 6.01. The molecule has 202 valence electrons. The second-order valence-electron chi connectivity index (χ2n) is 9.39. The van der Waals surface area contributed by atoms with Gasteiger partial charge in [0.1, 0.15) is 5.70 Å². The van der Waals surface area contributed by atoms with Crippen LogP contribution in [0.1, 0.15) is 34.0 Å². The molecule has 0 aliphatic heterocycles. The summed E-state index contributed by atoms with van der Waals surface area (Å²) in [6.07, 6.45) is 1.64. The highest BCUT2D eigenvalue weighted by molar-refractivity contribution is 8.00. The van der Waals surface area contributed by atoms with Crippen molar-refractivity contribution in [3.05, 3.63) is 131 Å². The first-order chi connectivity index (χ1) is 19.3. The Morgan fingerprint density at radius 3 is 2.05 bits per heavy atom. The Labute approximate surface area is 238 Å². The highest BCUT2D eigenvalue weighted by atomic mass is 32.2. The number of aryl methyl sites for hydroxylation is 2. The van der Waals surface area contributed by atoms with E-state index in [0.29, 0.717) is 11.3 Å². The molecule has 6 nitrogen and oxygen atoms in total. The summed E-state index contributed by atoms with van der Waals surface area (Å²) in [5.41, 5.74) is 4.84. The Balaban J connectivity index is 1.47. The van der Waals surface area contributed by atoms with Crippen LogP contribution in [0.25, 0.3) is 6.08 Å². The molecule has 1 atom stereocenters. The average molecular weight is 550 g/mol. The van der Waals surface area contributed by atoms with Crippen LogP contribution in [-0.4, -0.2) is 23.0 Å². The summed E-state index contributed by atoms with van der Waals surface area (Å²) in [6.45, 7) is 5.81. The molecular weight excluding hydrogens is 518 g/mol. The van der Waals surface area contributed by atoms with Gasteiger partial charge in [-0.3, -0.25) is 14.4 Å². The van der Waals surface area contributed by atoms with Crippen molar-refractivity contribution >= 4 is 46.9 Å². The number of hydrogen-bond donors (Lipinski definition) is 3. The standard InChI is InChI=1S/C33H31N3O3S/c1-22-12-16-25(17-13-22)20-30(36-32(38)26-8-5-4-6-9-26)33(39)35-28-10-7-11-29(21-28)40-24(3)31(37)34-27-18-14-23(2)15-19-27/h4-21,24H,1-3H3,(H,34,37)(H,35,39)(H,36,38)/b30-20-. The number of benzene rings is 4. The normalized spacial score (nSPS) is 11.8. The number of rotatable bonds is 9. The van der Waals surface area contributed by atoms with Crippen molar-refractivity contribution in [1.29, 1.82) is 0 Å². The zero-order chi connectivity index (χ0) is 28.5. The molecule has 40 heavy (non-hydrogen) atoms. The smallest absolute Gasteiger partial charge is 0.272 e. The van der Waals surface area contributed by atoms with Crippen LogP contribution in [0.5, 0.6) is 0 Å². The van der Waals surface area contributed by atoms with Crippen molar-refractivity contribution in [1.82, 2.24) is 5.32 Å². The summed E-state index contributed by atoms with van der Waals surface area (Å²) < 4.78 is 0. The molecule has 0 bridgehead atoms. The number of thioether (sulfide) groups is 1. The van der Waals surface area contributed by atoms with Crippen molar-refractivity contribution in [3.63, 3.8) is 0 Å². The second-order valence-corrected chi connectivity index (χ2v) is 10.8. The molecule has 0 radical (unpaired) electrons. The fraction of sp³-hybridized carbons (Fsp3) is 0.121. The minimum Gasteiger partial charge on any atom is -0.325 e. The van der Waals surface area contributed by atoms with E-state index in [4.69, 9.17) is 0 Å². The van der Waals surface area contributed by atoms with Crippen LogP contribution in [0.2, 0.25) is 0 Å². The first-order valence-corrected chi connectivity index (χ1v) is 13.8. The van der Waals surface area contributed by atoms with E-state index in [1.165, 1.54) is 11.8 Å². The fourth-order valence-electron chi connectivity index (χ4n) is 3.76. The molecule has 0 fully saturated rings. The lowest BCUT2D eigenvalue weighted by molar-refractivity contribution is -0.115. The van der Waals surface area contributed by atoms with Gasteiger partial charge in [0.15, 0.2) is 0 Å². The first-order valence-electron chi connectivity index (χ1n) is 12.9. The van der Waals surface area contributed by atoms with E-state index in [9.17, 15) is 14.4 Å². The van der Waals surface area contributed by atoms with Gasteiger partial charge in [-0.1, -0.05) is 71.8 Å². The third-order valence-corrected chi connectivity index (χ3v) is 7.10. The molecule has 4 rings (SSSR count). The number of amides is 3. The van der Waals surface area contributed by atoms with Gasteiger partial charge in [0.25, 0.3) is 11.8 Å². The summed E-state index contributed by atoms with van der Waals surface area (Å²) in [7, 11) is 0. The quantitative estimate of drug-likeness (QED) is 0.158. The van der Waals surface area contributed by atoms with E-state index in [1.807, 2.05) is 87.5 Å². The summed E-state index contributed by atoms with van der Waals surface area (Å²) in [5.74, 6) is -0.959. The lowest BCUT2D eigenvalue weighted by atomic mass is 10.1. The van der Waals surface area contributed by atoms with Gasteiger partial charge >= 0.3 is 0 Å². The number of carbonyl (C=O) groups excluding carboxylic acids is 3. The van der Waals surface area contributed by atoms with Gasteiger partial charge < -0.3 is 16.0 Å². The first kappa shape index (κ1) is 28.4. The molecule has 0 saturated carbocycles. The zero-order valence-electron chi connectivity index (χ0n) is 22.6. The van der Waals surface area contributed by atoms with Crippen LogP contribution < -0.4 is 16.0 Å². The van der Waals surface area contributed by atoms with Gasteiger partial charge in [-0.05, 0) is 74.9 Å². The Morgan fingerprint density at radius 1 is 0.725 bits per heavy atom. The lowest BCUT2D eigenvalue weighted by Gasteiger charge is -2.14.